The number of carbonyl (C=O) groups excluding carboxylic acids is 1. The minimum absolute atomic E-state index is 0.132. The van der Waals surface area contributed by atoms with E-state index >= 15 is 0 Å². The minimum Gasteiger partial charge on any atom is -0.351 e. The highest BCUT2D eigenvalue weighted by molar-refractivity contribution is 5.85. The van der Waals surface area contributed by atoms with E-state index in [2.05, 4.69) is 42.7 Å². The van der Waals surface area contributed by atoms with Crippen LogP contribution in [0, 0.1) is 19.3 Å². The third-order valence-electron chi connectivity index (χ3n) is 3.79. The van der Waals surface area contributed by atoms with Gasteiger partial charge in [-0.2, -0.15) is 0 Å². The molecule has 1 aliphatic rings. The lowest BCUT2D eigenvalue weighted by atomic mass is 10.0. The van der Waals surface area contributed by atoms with Crippen LogP contribution in [-0.4, -0.2) is 19.5 Å². The van der Waals surface area contributed by atoms with Crippen molar-refractivity contribution < 1.29 is 4.79 Å². The highest BCUT2D eigenvalue weighted by atomic mass is 16.2. The first-order valence-corrected chi connectivity index (χ1v) is 6.56. The molecule has 0 bridgehead atoms. The zero-order valence-corrected chi connectivity index (χ0v) is 11.5. The molecule has 0 atom stereocenters. The van der Waals surface area contributed by atoms with Crippen molar-refractivity contribution in [1.82, 2.24) is 10.6 Å². The van der Waals surface area contributed by atoms with Crippen molar-refractivity contribution in [1.29, 1.82) is 0 Å². The number of nitrogens with one attached hydrogen (secondary N) is 2. The molecule has 1 aromatic rings. The van der Waals surface area contributed by atoms with Crippen molar-refractivity contribution in [2.24, 2.45) is 5.41 Å². The Hall–Kier alpha value is -1.35. The van der Waals surface area contributed by atoms with Crippen LogP contribution in [-0.2, 0) is 11.3 Å². The number of aryl methyl sites for hydroxylation is 2. The second-order valence-corrected chi connectivity index (χ2v) is 5.42. The van der Waals surface area contributed by atoms with Gasteiger partial charge in [-0.15, -0.1) is 0 Å². The molecule has 1 saturated carbocycles. The average molecular weight is 246 g/mol. The molecular formula is C15H22N2O. The van der Waals surface area contributed by atoms with Gasteiger partial charge in [-0.25, -0.2) is 0 Å². The standard InChI is InChI=1S/C15H22N2O/c1-11-4-5-13(12(2)8-11)9-17-14(18)15(6-7-15)10-16-3/h4-5,8,16H,6-7,9-10H2,1-3H3,(H,17,18). The van der Waals surface area contributed by atoms with Crippen LogP contribution >= 0.6 is 0 Å². The highest BCUT2D eigenvalue weighted by Crippen LogP contribution is 2.45. The molecule has 0 heterocycles. The van der Waals surface area contributed by atoms with E-state index in [1.165, 1.54) is 16.7 Å². The molecule has 2 rings (SSSR count). The smallest absolute Gasteiger partial charge is 0.227 e. The van der Waals surface area contributed by atoms with Crippen LogP contribution < -0.4 is 10.6 Å². The molecular weight excluding hydrogens is 224 g/mol. The fourth-order valence-electron chi connectivity index (χ4n) is 2.38. The Morgan fingerprint density at radius 1 is 1.33 bits per heavy atom. The first-order valence-electron chi connectivity index (χ1n) is 6.56. The molecule has 2 N–H and O–H groups in total. The van der Waals surface area contributed by atoms with Gasteiger partial charge in [0.15, 0.2) is 0 Å². The second-order valence-electron chi connectivity index (χ2n) is 5.42. The molecule has 1 aromatic carbocycles. The van der Waals surface area contributed by atoms with Gasteiger partial charge in [-0.3, -0.25) is 4.79 Å². The number of carbonyl (C=O) groups is 1. The van der Waals surface area contributed by atoms with Crippen molar-refractivity contribution in [2.45, 2.75) is 33.2 Å². The topological polar surface area (TPSA) is 41.1 Å². The number of amides is 1. The van der Waals surface area contributed by atoms with Crippen LogP contribution in [0.25, 0.3) is 0 Å². The summed E-state index contributed by atoms with van der Waals surface area (Å²) in [5.41, 5.74) is 3.58. The van der Waals surface area contributed by atoms with Crippen molar-refractivity contribution in [2.75, 3.05) is 13.6 Å². The molecule has 0 radical (unpaired) electrons. The molecule has 0 unspecified atom stereocenters. The summed E-state index contributed by atoms with van der Waals surface area (Å²) in [4.78, 5) is 12.1. The van der Waals surface area contributed by atoms with E-state index in [-0.39, 0.29) is 11.3 Å². The fourth-order valence-corrected chi connectivity index (χ4v) is 2.38. The Bertz CT molecular complexity index is 450. The normalized spacial score (nSPS) is 16.4. The molecule has 1 amide bonds. The van der Waals surface area contributed by atoms with Crippen LogP contribution in [0.15, 0.2) is 18.2 Å². The first-order chi connectivity index (χ1) is 8.57. The Labute approximate surface area is 109 Å². The quantitative estimate of drug-likeness (QED) is 0.833. The van der Waals surface area contributed by atoms with Crippen molar-refractivity contribution in [3.63, 3.8) is 0 Å². The monoisotopic (exact) mass is 246 g/mol. The molecule has 0 spiro atoms. The number of benzene rings is 1. The molecule has 3 heteroatoms. The van der Waals surface area contributed by atoms with Crippen molar-refractivity contribution >= 4 is 5.91 Å². The largest absolute Gasteiger partial charge is 0.351 e. The van der Waals surface area contributed by atoms with Gasteiger partial charge >= 0.3 is 0 Å². The Morgan fingerprint density at radius 2 is 2.06 bits per heavy atom. The van der Waals surface area contributed by atoms with E-state index in [4.69, 9.17) is 0 Å². The van der Waals surface area contributed by atoms with Gasteiger partial charge in [0.05, 0.1) is 5.41 Å². The predicted octanol–water partition coefficient (Wildman–Crippen LogP) is 1.92. The maximum Gasteiger partial charge on any atom is 0.227 e. The molecule has 3 nitrogen and oxygen atoms in total. The molecule has 0 saturated heterocycles. The van der Waals surface area contributed by atoms with Gasteiger partial charge in [0.25, 0.3) is 0 Å². The summed E-state index contributed by atoms with van der Waals surface area (Å²) in [6.45, 7) is 5.60. The molecule has 18 heavy (non-hydrogen) atoms. The average Bonchev–Trinajstić information content (AvgIpc) is 3.09. The Morgan fingerprint density at radius 3 is 2.61 bits per heavy atom. The lowest BCUT2D eigenvalue weighted by molar-refractivity contribution is -0.126. The number of rotatable bonds is 5. The van der Waals surface area contributed by atoms with E-state index in [0.29, 0.717) is 6.54 Å². The maximum absolute atomic E-state index is 12.1. The summed E-state index contributed by atoms with van der Waals surface area (Å²) in [7, 11) is 1.90. The van der Waals surface area contributed by atoms with Gasteiger partial charge in [-0.05, 0) is 44.9 Å². The zero-order chi connectivity index (χ0) is 13.2. The second kappa shape index (κ2) is 5.11. The van der Waals surface area contributed by atoms with Gasteiger partial charge in [0.2, 0.25) is 5.91 Å². The minimum atomic E-state index is -0.132. The third kappa shape index (κ3) is 2.72. The molecule has 98 valence electrons. The molecule has 1 aliphatic carbocycles. The van der Waals surface area contributed by atoms with E-state index in [1.807, 2.05) is 7.05 Å². The zero-order valence-electron chi connectivity index (χ0n) is 11.5. The lowest BCUT2D eigenvalue weighted by Crippen LogP contribution is -2.37. The third-order valence-corrected chi connectivity index (χ3v) is 3.79. The Kier molecular flexibility index (Phi) is 3.71. The summed E-state index contributed by atoms with van der Waals surface area (Å²) in [5.74, 6) is 0.192. The Balaban J connectivity index is 1.93. The van der Waals surface area contributed by atoms with Gasteiger partial charge in [0, 0.05) is 13.1 Å². The van der Waals surface area contributed by atoms with Gasteiger partial charge in [0.1, 0.15) is 0 Å². The summed E-state index contributed by atoms with van der Waals surface area (Å²) in [6.07, 6.45) is 2.01. The van der Waals surface area contributed by atoms with Crippen molar-refractivity contribution in [3.05, 3.63) is 34.9 Å². The van der Waals surface area contributed by atoms with E-state index in [1.54, 1.807) is 0 Å². The van der Waals surface area contributed by atoms with Crippen molar-refractivity contribution in [3.8, 4) is 0 Å². The SMILES string of the molecule is CNCC1(C(=O)NCc2ccc(C)cc2C)CC1. The summed E-state index contributed by atoms with van der Waals surface area (Å²) in [5, 5.41) is 6.18. The highest BCUT2D eigenvalue weighted by Gasteiger charge is 2.48. The van der Waals surface area contributed by atoms with Gasteiger partial charge < -0.3 is 10.6 Å². The number of hydrogen-bond acceptors (Lipinski definition) is 2. The molecule has 0 aromatic heterocycles. The predicted molar refractivity (Wildman–Crippen MR) is 73.4 cm³/mol. The van der Waals surface area contributed by atoms with Crippen LogP contribution in [0.3, 0.4) is 0 Å². The summed E-state index contributed by atoms with van der Waals surface area (Å²) < 4.78 is 0. The number of hydrogen-bond donors (Lipinski definition) is 2. The summed E-state index contributed by atoms with van der Waals surface area (Å²) in [6, 6.07) is 6.35. The van der Waals surface area contributed by atoms with Crippen LogP contribution in [0.1, 0.15) is 29.5 Å². The molecule has 1 fully saturated rings. The first kappa shape index (κ1) is 13.1. The van der Waals surface area contributed by atoms with Crippen LogP contribution in [0.5, 0.6) is 0 Å². The fraction of sp³-hybridized carbons (Fsp3) is 0.533. The van der Waals surface area contributed by atoms with Gasteiger partial charge in [-0.1, -0.05) is 23.8 Å². The molecule has 0 aliphatic heterocycles. The van der Waals surface area contributed by atoms with E-state index < -0.39 is 0 Å². The van der Waals surface area contributed by atoms with E-state index in [0.717, 1.165) is 19.4 Å². The van der Waals surface area contributed by atoms with Crippen LogP contribution in [0.4, 0.5) is 0 Å². The lowest BCUT2D eigenvalue weighted by Gasteiger charge is -2.15. The maximum atomic E-state index is 12.1. The van der Waals surface area contributed by atoms with Crippen LogP contribution in [0.2, 0.25) is 0 Å². The van der Waals surface area contributed by atoms with E-state index in [9.17, 15) is 4.79 Å². The summed E-state index contributed by atoms with van der Waals surface area (Å²) >= 11 is 0.